The monoisotopic (exact) mass is 430 g/mol. The van der Waals surface area contributed by atoms with Crippen molar-refractivity contribution < 1.29 is 9.47 Å². The predicted octanol–water partition coefficient (Wildman–Crippen LogP) is 6.62. The molecule has 0 saturated heterocycles. The van der Waals surface area contributed by atoms with E-state index in [9.17, 15) is 0 Å². The van der Waals surface area contributed by atoms with Gasteiger partial charge >= 0.3 is 0 Å². The van der Waals surface area contributed by atoms with Crippen molar-refractivity contribution in [1.82, 2.24) is 0 Å². The number of benzene rings is 4. The smallest absolute Gasteiger partial charge is 0.246 e. The molecule has 5 rings (SSSR count). The van der Waals surface area contributed by atoms with Crippen molar-refractivity contribution in [3.8, 4) is 11.5 Å². The van der Waals surface area contributed by atoms with Crippen LogP contribution >= 0.6 is 31.9 Å². The lowest BCUT2D eigenvalue weighted by atomic mass is 9.93. The van der Waals surface area contributed by atoms with Crippen LogP contribution in [-0.4, -0.2) is 5.79 Å². The lowest BCUT2D eigenvalue weighted by molar-refractivity contribution is -0.0420. The Morgan fingerprint density at radius 1 is 0.696 bits per heavy atom. The van der Waals surface area contributed by atoms with Gasteiger partial charge in [-0.15, -0.1) is 0 Å². The van der Waals surface area contributed by atoms with E-state index in [1.807, 2.05) is 13.8 Å². The van der Waals surface area contributed by atoms with E-state index in [-0.39, 0.29) is 0 Å². The first-order valence-corrected chi connectivity index (χ1v) is 9.02. The van der Waals surface area contributed by atoms with Crippen molar-refractivity contribution >= 4 is 64.2 Å². The molecule has 0 atom stereocenters. The molecule has 4 aromatic rings. The summed E-state index contributed by atoms with van der Waals surface area (Å²) in [7, 11) is 0. The largest absolute Gasteiger partial charge is 0.448 e. The Kier molecular flexibility index (Phi) is 2.60. The molecule has 0 aromatic heterocycles. The molecule has 0 saturated carbocycles. The molecular formula is C19H12Br2O2. The van der Waals surface area contributed by atoms with E-state index in [2.05, 4.69) is 68.3 Å². The lowest BCUT2D eigenvalue weighted by Gasteiger charge is -2.16. The Morgan fingerprint density at radius 3 is 1.52 bits per heavy atom. The summed E-state index contributed by atoms with van der Waals surface area (Å²) in [6.45, 7) is 3.89. The van der Waals surface area contributed by atoms with Gasteiger partial charge in [0.25, 0.3) is 0 Å². The number of halogens is 2. The quantitative estimate of drug-likeness (QED) is 0.291. The zero-order valence-corrected chi connectivity index (χ0v) is 15.7. The number of ether oxygens (including phenoxy) is 2. The SMILES string of the molecule is CC1(C)Oc2c(c3cccc4c(Br)c(Br)c5cccc2c5c43)O1. The van der Waals surface area contributed by atoms with E-state index < -0.39 is 5.79 Å². The van der Waals surface area contributed by atoms with Gasteiger partial charge in [-0.3, -0.25) is 0 Å². The van der Waals surface area contributed by atoms with Gasteiger partial charge < -0.3 is 9.47 Å². The van der Waals surface area contributed by atoms with Crippen LogP contribution in [0.4, 0.5) is 0 Å². The molecule has 0 unspecified atom stereocenters. The molecule has 4 heteroatoms. The predicted molar refractivity (Wildman–Crippen MR) is 101 cm³/mol. The first-order valence-electron chi connectivity index (χ1n) is 7.43. The number of fused-ring (bicyclic) bond motifs is 3. The summed E-state index contributed by atoms with van der Waals surface area (Å²) in [5.41, 5.74) is 0. The van der Waals surface area contributed by atoms with Crippen LogP contribution in [0.2, 0.25) is 0 Å². The van der Waals surface area contributed by atoms with Crippen LogP contribution in [0.25, 0.3) is 32.3 Å². The Balaban J connectivity index is 2.16. The van der Waals surface area contributed by atoms with Crippen molar-refractivity contribution in [3.63, 3.8) is 0 Å². The summed E-state index contributed by atoms with van der Waals surface area (Å²) in [6, 6.07) is 12.6. The van der Waals surface area contributed by atoms with Gasteiger partial charge in [-0.2, -0.15) is 0 Å². The van der Waals surface area contributed by atoms with Gasteiger partial charge in [0.05, 0.1) is 0 Å². The highest BCUT2D eigenvalue weighted by Gasteiger charge is 2.36. The minimum absolute atomic E-state index is 0.647. The minimum atomic E-state index is -0.647. The molecule has 23 heavy (non-hydrogen) atoms. The lowest BCUT2D eigenvalue weighted by Crippen LogP contribution is -2.29. The first kappa shape index (κ1) is 13.9. The van der Waals surface area contributed by atoms with Crippen LogP contribution in [0, 0.1) is 0 Å². The average Bonchev–Trinajstić information content (AvgIpc) is 2.87. The number of hydrogen-bond acceptors (Lipinski definition) is 2. The molecule has 1 aliphatic rings. The standard InChI is InChI=1S/C19H12Br2O2/c1-19(2)22-17-11-7-3-5-9-13(11)14-10(16(21)15(9)20)6-4-8-12(14)18(17)23-19/h3-8H,1-2H3. The number of hydrogen-bond donors (Lipinski definition) is 0. The minimum Gasteiger partial charge on any atom is -0.448 e. The molecule has 0 aliphatic carbocycles. The van der Waals surface area contributed by atoms with Gasteiger partial charge in [0, 0.05) is 44.3 Å². The third-order valence-electron chi connectivity index (χ3n) is 4.44. The van der Waals surface area contributed by atoms with Crippen molar-refractivity contribution in [2.45, 2.75) is 19.6 Å². The fourth-order valence-electron chi connectivity index (χ4n) is 3.58. The normalized spacial score (nSPS) is 16.0. The van der Waals surface area contributed by atoms with Gasteiger partial charge in [-0.1, -0.05) is 36.4 Å². The summed E-state index contributed by atoms with van der Waals surface area (Å²) >= 11 is 7.49. The van der Waals surface area contributed by atoms with E-state index in [0.717, 1.165) is 31.2 Å². The van der Waals surface area contributed by atoms with Crippen LogP contribution in [0.3, 0.4) is 0 Å². The van der Waals surface area contributed by atoms with Crippen LogP contribution in [0.15, 0.2) is 45.3 Å². The molecule has 0 radical (unpaired) electrons. The first-order chi connectivity index (χ1) is 11.0. The summed E-state index contributed by atoms with van der Waals surface area (Å²) in [5, 5.41) is 6.98. The molecule has 1 heterocycles. The van der Waals surface area contributed by atoms with Gasteiger partial charge in [-0.25, -0.2) is 0 Å². The average molecular weight is 432 g/mol. The third kappa shape index (κ3) is 1.68. The topological polar surface area (TPSA) is 18.5 Å². The maximum Gasteiger partial charge on any atom is 0.246 e. The second-order valence-corrected chi connectivity index (χ2v) is 7.93. The summed E-state index contributed by atoms with van der Waals surface area (Å²) in [6.07, 6.45) is 0. The zero-order chi connectivity index (χ0) is 15.9. The van der Waals surface area contributed by atoms with Crippen LogP contribution in [0.1, 0.15) is 13.8 Å². The molecular weight excluding hydrogens is 420 g/mol. The Labute approximate surface area is 150 Å². The Bertz CT molecular complexity index is 1030. The maximum absolute atomic E-state index is 6.13. The number of rotatable bonds is 0. The van der Waals surface area contributed by atoms with E-state index in [1.165, 1.54) is 21.5 Å². The Morgan fingerprint density at radius 2 is 1.09 bits per heavy atom. The molecule has 1 aliphatic heterocycles. The van der Waals surface area contributed by atoms with Gasteiger partial charge in [0.1, 0.15) is 0 Å². The van der Waals surface area contributed by atoms with Crippen LogP contribution < -0.4 is 9.47 Å². The van der Waals surface area contributed by atoms with Gasteiger partial charge in [0.15, 0.2) is 11.5 Å². The molecule has 4 aromatic carbocycles. The highest BCUT2D eigenvalue weighted by molar-refractivity contribution is 9.13. The Hall–Kier alpha value is -1.52. The second kappa shape index (κ2) is 4.31. The molecule has 114 valence electrons. The van der Waals surface area contributed by atoms with E-state index in [1.54, 1.807) is 0 Å². The molecule has 0 bridgehead atoms. The van der Waals surface area contributed by atoms with Crippen molar-refractivity contribution in [3.05, 3.63) is 45.3 Å². The van der Waals surface area contributed by atoms with E-state index in [4.69, 9.17) is 9.47 Å². The second-order valence-electron chi connectivity index (χ2n) is 6.35. The van der Waals surface area contributed by atoms with E-state index >= 15 is 0 Å². The molecule has 0 fully saturated rings. The van der Waals surface area contributed by atoms with Crippen LogP contribution in [0.5, 0.6) is 11.5 Å². The fraction of sp³-hybridized carbons (Fsp3) is 0.158. The third-order valence-corrected chi connectivity index (χ3v) is 6.62. The van der Waals surface area contributed by atoms with Crippen molar-refractivity contribution in [2.24, 2.45) is 0 Å². The fourth-order valence-corrected chi connectivity index (χ4v) is 4.67. The molecule has 2 nitrogen and oxygen atoms in total. The highest BCUT2D eigenvalue weighted by atomic mass is 79.9. The molecule has 0 N–H and O–H groups in total. The molecule has 0 amide bonds. The summed E-state index contributed by atoms with van der Waals surface area (Å²) < 4.78 is 14.4. The van der Waals surface area contributed by atoms with E-state index in [0.29, 0.717) is 0 Å². The van der Waals surface area contributed by atoms with Crippen molar-refractivity contribution in [1.29, 1.82) is 0 Å². The van der Waals surface area contributed by atoms with Crippen molar-refractivity contribution in [2.75, 3.05) is 0 Å². The summed E-state index contributed by atoms with van der Waals surface area (Å²) in [5.74, 6) is 1.04. The highest BCUT2D eigenvalue weighted by Crippen LogP contribution is 2.54. The summed E-state index contributed by atoms with van der Waals surface area (Å²) in [4.78, 5) is 0. The maximum atomic E-state index is 6.13. The molecule has 0 spiro atoms. The zero-order valence-electron chi connectivity index (χ0n) is 12.5. The van der Waals surface area contributed by atoms with Gasteiger partial charge in [-0.05, 0) is 42.6 Å². The van der Waals surface area contributed by atoms with Gasteiger partial charge in [0.2, 0.25) is 5.79 Å². The van der Waals surface area contributed by atoms with Crippen LogP contribution in [-0.2, 0) is 0 Å².